The summed E-state index contributed by atoms with van der Waals surface area (Å²) in [6.45, 7) is 7.38. The molecule has 0 aromatic heterocycles. The lowest BCUT2D eigenvalue weighted by Gasteiger charge is -2.23. The van der Waals surface area contributed by atoms with Gasteiger partial charge < -0.3 is 4.74 Å². The van der Waals surface area contributed by atoms with Crippen LogP contribution in [0.1, 0.15) is 57.7 Å². The summed E-state index contributed by atoms with van der Waals surface area (Å²) in [5.41, 5.74) is 0.501. The van der Waals surface area contributed by atoms with Crippen LogP contribution in [0, 0.1) is 0 Å². The van der Waals surface area contributed by atoms with Crippen LogP contribution in [0.4, 0.5) is 8.78 Å². The minimum Gasteiger partial charge on any atom is -0.313 e. The van der Waals surface area contributed by atoms with E-state index in [0.717, 1.165) is 0 Å². The van der Waals surface area contributed by atoms with E-state index in [1.165, 1.54) is 12.1 Å². The van der Waals surface area contributed by atoms with Gasteiger partial charge in [0, 0.05) is 6.04 Å². The lowest BCUT2D eigenvalue weighted by Crippen LogP contribution is -2.34. The minimum absolute atomic E-state index is 0.160. The van der Waals surface area contributed by atoms with Crippen molar-refractivity contribution in [1.82, 2.24) is 4.72 Å². The number of halogens is 2. The third-order valence-corrected chi connectivity index (χ3v) is 5.08. The monoisotopic (exact) mass is 331 g/mol. The van der Waals surface area contributed by atoms with Gasteiger partial charge in [-0.1, -0.05) is 18.2 Å². The normalized spacial score (nSPS) is 19.0. The number of hydrogen-bond acceptors (Lipinski definition) is 2. The van der Waals surface area contributed by atoms with Crippen molar-refractivity contribution in [3.63, 3.8) is 0 Å². The van der Waals surface area contributed by atoms with Crippen molar-refractivity contribution in [2.24, 2.45) is 0 Å². The van der Waals surface area contributed by atoms with Crippen molar-refractivity contribution < 1.29 is 17.7 Å². The number of benzene rings is 1. The fourth-order valence-corrected chi connectivity index (χ4v) is 2.67. The third kappa shape index (κ3) is 4.57. The molecule has 0 amide bonds. The Bertz CT molecular complexity index is 553. The van der Waals surface area contributed by atoms with Gasteiger partial charge in [-0.2, -0.15) is 8.78 Å². The maximum atomic E-state index is 14.0. The van der Waals surface area contributed by atoms with E-state index in [1.807, 2.05) is 27.7 Å². The van der Waals surface area contributed by atoms with Gasteiger partial charge in [0.2, 0.25) is 0 Å². The molecule has 124 valence electrons. The molecule has 1 aromatic rings. The molecule has 6 heteroatoms. The molecule has 1 aliphatic carbocycles. The molecular weight excluding hydrogens is 308 g/mol. The van der Waals surface area contributed by atoms with Crippen LogP contribution in [0.25, 0.3) is 0 Å². The van der Waals surface area contributed by atoms with Crippen LogP contribution in [0.5, 0.6) is 0 Å². The maximum Gasteiger partial charge on any atom is 0.383 e. The Labute approximate surface area is 133 Å². The molecule has 0 bridgehead atoms. The second-order valence-electron chi connectivity index (χ2n) is 6.68. The summed E-state index contributed by atoms with van der Waals surface area (Å²) >= 11 is 0. The summed E-state index contributed by atoms with van der Waals surface area (Å²) in [5.74, 6) is 0. The first kappa shape index (κ1) is 17.5. The second-order valence-corrected chi connectivity index (χ2v) is 8.68. The van der Waals surface area contributed by atoms with Crippen molar-refractivity contribution in [3.05, 3.63) is 35.4 Å². The average Bonchev–Trinajstić information content (AvgIpc) is 3.21. The van der Waals surface area contributed by atoms with Crippen molar-refractivity contribution in [3.8, 4) is 0 Å². The van der Waals surface area contributed by atoms with Crippen LogP contribution in [0.2, 0.25) is 0 Å². The van der Waals surface area contributed by atoms with E-state index in [4.69, 9.17) is 4.74 Å². The molecule has 1 N–H and O–H groups in total. The van der Waals surface area contributed by atoms with Crippen LogP contribution in [0.15, 0.2) is 24.3 Å². The van der Waals surface area contributed by atoms with Gasteiger partial charge >= 0.3 is 6.11 Å². The predicted octanol–water partition coefficient (Wildman–Crippen LogP) is 4.03. The maximum absolute atomic E-state index is 14.0. The van der Waals surface area contributed by atoms with Crippen LogP contribution < -0.4 is 4.72 Å². The zero-order valence-electron chi connectivity index (χ0n) is 13.4. The Morgan fingerprint density at radius 2 is 1.95 bits per heavy atom. The quantitative estimate of drug-likeness (QED) is 0.855. The Balaban J connectivity index is 2.11. The first-order chi connectivity index (χ1) is 10.1. The standard InChI is InChI=1S/C16H23F2NO2S/c1-11(19-22(20)15(2,3)4)12-6-5-7-13(10-12)16(17,18)21-14-8-9-14/h5-7,10-11,14,19H,8-9H2,1-4H3/t11-,22-/m1/s1. The fourth-order valence-electron chi connectivity index (χ4n) is 1.86. The average molecular weight is 331 g/mol. The van der Waals surface area contributed by atoms with E-state index in [9.17, 15) is 13.0 Å². The van der Waals surface area contributed by atoms with Gasteiger partial charge in [-0.15, -0.1) is 0 Å². The minimum atomic E-state index is -3.28. The first-order valence-electron chi connectivity index (χ1n) is 7.44. The molecule has 1 aromatic carbocycles. The number of hydrogen-bond donors (Lipinski definition) is 1. The summed E-state index contributed by atoms with van der Waals surface area (Å²) in [5, 5.41) is 0. The molecule has 1 fully saturated rings. The van der Waals surface area contributed by atoms with Crippen molar-refractivity contribution in [2.75, 3.05) is 0 Å². The van der Waals surface area contributed by atoms with E-state index in [2.05, 4.69) is 4.72 Å². The molecule has 0 radical (unpaired) electrons. The van der Waals surface area contributed by atoms with Crippen LogP contribution in [-0.4, -0.2) is 15.1 Å². The molecule has 3 nitrogen and oxygen atoms in total. The zero-order valence-corrected chi connectivity index (χ0v) is 14.2. The molecule has 0 aliphatic heterocycles. The fraction of sp³-hybridized carbons (Fsp3) is 0.625. The Hall–Kier alpha value is -0.850. The van der Waals surface area contributed by atoms with Crippen molar-refractivity contribution >= 4 is 11.0 Å². The topological polar surface area (TPSA) is 38.3 Å². The van der Waals surface area contributed by atoms with Gasteiger partial charge in [0.15, 0.2) is 0 Å². The molecule has 1 saturated carbocycles. The SMILES string of the molecule is C[C@@H](N[S@](=O)C(C)(C)C)c1cccc(C(F)(F)OC2CC2)c1. The number of nitrogens with one attached hydrogen (secondary N) is 1. The predicted molar refractivity (Wildman–Crippen MR) is 83.9 cm³/mol. The largest absolute Gasteiger partial charge is 0.383 e. The molecule has 2 rings (SSSR count). The van der Waals surface area contributed by atoms with E-state index in [1.54, 1.807) is 12.1 Å². The van der Waals surface area contributed by atoms with Gasteiger partial charge in [-0.3, -0.25) is 0 Å². The van der Waals surface area contributed by atoms with E-state index < -0.39 is 21.8 Å². The lowest BCUT2D eigenvalue weighted by molar-refractivity contribution is -0.255. The highest BCUT2D eigenvalue weighted by Crippen LogP contribution is 2.38. The van der Waals surface area contributed by atoms with Gasteiger partial charge in [0.25, 0.3) is 0 Å². The van der Waals surface area contributed by atoms with Crippen molar-refractivity contribution in [2.45, 2.75) is 63.5 Å². The molecule has 0 unspecified atom stereocenters. The number of rotatable bonds is 6. The van der Waals surface area contributed by atoms with E-state index in [0.29, 0.717) is 18.4 Å². The molecule has 2 atom stereocenters. The van der Waals surface area contributed by atoms with E-state index >= 15 is 0 Å². The molecule has 1 aliphatic rings. The highest BCUT2D eigenvalue weighted by atomic mass is 32.2. The smallest absolute Gasteiger partial charge is 0.313 e. The van der Waals surface area contributed by atoms with Gasteiger partial charge in [0.05, 0.1) is 27.4 Å². The molecule has 0 heterocycles. The lowest BCUT2D eigenvalue weighted by atomic mass is 10.1. The highest BCUT2D eigenvalue weighted by molar-refractivity contribution is 7.84. The zero-order chi connectivity index (χ0) is 16.5. The summed E-state index contributed by atoms with van der Waals surface area (Å²) in [7, 11) is -1.26. The summed E-state index contributed by atoms with van der Waals surface area (Å²) in [6.07, 6.45) is -2.22. The van der Waals surface area contributed by atoms with Crippen molar-refractivity contribution in [1.29, 1.82) is 0 Å². The first-order valence-corrected chi connectivity index (χ1v) is 8.59. The van der Waals surface area contributed by atoms with Gasteiger partial charge in [-0.05, 0) is 52.2 Å². The summed E-state index contributed by atoms with van der Waals surface area (Å²) in [4.78, 5) is 0. The Morgan fingerprint density at radius 3 is 2.50 bits per heavy atom. The van der Waals surface area contributed by atoms with Gasteiger partial charge in [-0.25, -0.2) is 8.93 Å². The molecule has 22 heavy (non-hydrogen) atoms. The molecular formula is C16H23F2NO2S. The Morgan fingerprint density at radius 1 is 1.32 bits per heavy atom. The number of ether oxygens (including phenoxy) is 1. The summed E-state index contributed by atoms with van der Waals surface area (Å²) < 4.78 is 47.5. The van der Waals surface area contributed by atoms with E-state index in [-0.39, 0.29) is 17.7 Å². The third-order valence-electron chi connectivity index (χ3n) is 3.40. The van der Waals surface area contributed by atoms with Crippen LogP contribution in [0.3, 0.4) is 0 Å². The second kappa shape index (κ2) is 6.34. The van der Waals surface area contributed by atoms with Gasteiger partial charge in [0.1, 0.15) is 0 Å². The molecule has 0 saturated heterocycles. The van der Waals surface area contributed by atoms with Crippen LogP contribution in [-0.2, 0) is 21.8 Å². The molecule has 0 spiro atoms. The number of alkyl halides is 2. The highest BCUT2D eigenvalue weighted by Gasteiger charge is 2.40. The van der Waals surface area contributed by atoms with Crippen LogP contribution >= 0.6 is 0 Å². The summed E-state index contributed by atoms with van der Waals surface area (Å²) in [6, 6.07) is 5.80. The Kier molecular flexibility index (Phi) is 5.04.